The molecule has 0 aromatic heterocycles. The predicted octanol–water partition coefficient (Wildman–Crippen LogP) is 0.416. The van der Waals surface area contributed by atoms with Crippen molar-refractivity contribution in [2.75, 3.05) is 7.05 Å². The molecular weight excluding hydrogens is 1030 g/mol. The van der Waals surface area contributed by atoms with Crippen molar-refractivity contribution in [3.8, 4) is 5.75 Å². The summed E-state index contributed by atoms with van der Waals surface area (Å²) in [7, 11) is 1.33. The van der Waals surface area contributed by atoms with E-state index in [2.05, 4.69) is 37.2 Å². The number of nitrogens with zero attached hydrogens (tertiary/aromatic N) is 2. The lowest BCUT2D eigenvalue weighted by Gasteiger charge is -2.43. The first-order chi connectivity index (χ1) is 37.3. The summed E-state index contributed by atoms with van der Waals surface area (Å²) in [5.41, 5.74) is 0.583. The van der Waals surface area contributed by atoms with Crippen molar-refractivity contribution in [3.63, 3.8) is 0 Å². The summed E-state index contributed by atoms with van der Waals surface area (Å²) in [5, 5.41) is 39.2. The number of phenolic OH excluding ortho intramolecular Hbond substituents is 1. The van der Waals surface area contributed by atoms with Crippen molar-refractivity contribution in [1.82, 2.24) is 47.0 Å². The number of esters is 2. The van der Waals surface area contributed by atoms with Crippen LogP contribution in [0, 0.1) is 5.92 Å². The Morgan fingerprint density at radius 2 is 1.34 bits per heavy atom. The number of allylic oxidation sites excluding steroid dienone is 1. The number of benzene rings is 2. The van der Waals surface area contributed by atoms with Gasteiger partial charge in [-0.3, -0.25) is 43.2 Å². The van der Waals surface area contributed by atoms with Gasteiger partial charge >= 0.3 is 11.9 Å². The van der Waals surface area contributed by atoms with Gasteiger partial charge in [0.05, 0.1) is 0 Å². The van der Waals surface area contributed by atoms with Crippen molar-refractivity contribution in [3.05, 3.63) is 77.5 Å². The van der Waals surface area contributed by atoms with Gasteiger partial charge in [0, 0.05) is 32.7 Å². The molecule has 2 aromatic rings. The minimum Gasteiger partial charge on any atom is -0.508 e. The molecule has 2 saturated heterocycles. The second kappa shape index (κ2) is 29.7. The molecule has 2 aliphatic heterocycles. The number of fused-ring (bicyclic) bond motifs is 2. The van der Waals surface area contributed by atoms with E-state index in [1.807, 2.05) is 0 Å². The number of piperidine rings is 1. The molecule has 24 heteroatoms. The van der Waals surface area contributed by atoms with Crippen molar-refractivity contribution in [2.24, 2.45) is 5.92 Å². The molecule has 0 aliphatic carbocycles. The van der Waals surface area contributed by atoms with Crippen LogP contribution in [0.3, 0.4) is 0 Å². The first-order valence-corrected chi connectivity index (χ1v) is 26.6. The van der Waals surface area contributed by atoms with Gasteiger partial charge in [-0.1, -0.05) is 76.2 Å². The zero-order valence-electron chi connectivity index (χ0n) is 46.5. The molecule has 0 saturated carbocycles. The Kier molecular flexibility index (Phi) is 24.0. The molecule has 0 radical (unpaired) electrons. The van der Waals surface area contributed by atoms with Crippen LogP contribution >= 0.6 is 0 Å². The highest BCUT2D eigenvalue weighted by Gasteiger charge is 2.46. The van der Waals surface area contributed by atoms with Crippen molar-refractivity contribution < 1.29 is 72.4 Å². The van der Waals surface area contributed by atoms with Crippen molar-refractivity contribution >= 4 is 65.1 Å². The van der Waals surface area contributed by atoms with Crippen LogP contribution in [0.5, 0.6) is 5.75 Å². The predicted molar refractivity (Wildman–Crippen MR) is 285 cm³/mol. The normalized spacial score (nSPS) is 23.7. The molecule has 4 rings (SSSR count). The molecular formula is C55H77N9O15. The third-order valence-corrected chi connectivity index (χ3v) is 13.4. The molecule has 432 valence electrons. The fraction of sp³-hybridized carbons (Fsp3) is 0.545. The largest absolute Gasteiger partial charge is 0.508 e. The van der Waals surface area contributed by atoms with Gasteiger partial charge in [-0.2, -0.15) is 0 Å². The molecule has 2 aromatic carbocycles. The molecule has 11 atom stereocenters. The minimum absolute atomic E-state index is 0.0724. The zero-order valence-corrected chi connectivity index (χ0v) is 46.5. The van der Waals surface area contributed by atoms with Gasteiger partial charge in [0.25, 0.3) is 11.8 Å². The van der Waals surface area contributed by atoms with Crippen LogP contribution in [0.2, 0.25) is 0 Å². The fourth-order valence-electron chi connectivity index (χ4n) is 8.84. The number of aliphatic hydroxyl groups excluding tert-OH is 1. The van der Waals surface area contributed by atoms with Crippen LogP contribution in [0.25, 0.3) is 0 Å². The van der Waals surface area contributed by atoms with Gasteiger partial charge in [-0.15, -0.1) is 0 Å². The summed E-state index contributed by atoms with van der Waals surface area (Å²) in [6.07, 6.45) is -3.10. The van der Waals surface area contributed by atoms with Crippen LogP contribution < -0.4 is 37.2 Å². The standard InChI is InChI=1S/C55H77N9O15/c1-11-17-41(66)56-30(6)47(69)61-46(32(8)78-54(76)31(7)57-42(67)18-12-2)51(73)62-45-33(9)79-55(77)44(29(4)5)60-49(71)39(27-35-21-23-36(65)24-22-35)63(10)53(75)40(28-34-19-15-14-16-20-34)64-43(68)26-25-38(52(64)74)59-48(70)37(13-3)58-50(45)72/h13-16,19-24,29-33,38-40,43-46,65,68H,11-12,17-18,25-28H2,1-10H3,(H,56,66)(H,57,67)(H,58,72)(H,59,70)(H,60,71)(H,61,69)(H,62,73)/b37-13+/t30-,31-,32+,33+,38-,39-,40-,43?,44-,45-,46-/m0/s1. The first-order valence-electron chi connectivity index (χ1n) is 26.6. The number of likely N-dealkylation sites (N-methyl/N-ethyl adjacent to an activating group) is 1. The maximum absolute atomic E-state index is 15.1. The number of rotatable bonds is 18. The Hall–Kier alpha value is -7.89. The van der Waals surface area contributed by atoms with E-state index < -0.39 is 143 Å². The van der Waals surface area contributed by atoms with Gasteiger partial charge in [-0.25, -0.2) is 9.59 Å². The van der Waals surface area contributed by atoms with Gasteiger partial charge < -0.3 is 66.7 Å². The van der Waals surface area contributed by atoms with E-state index in [0.717, 1.165) is 9.80 Å². The zero-order chi connectivity index (χ0) is 58.8. The Morgan fingerprint density at radius 3 is 1.92 bits per heavy atom. The highest BCUT2D eigenvalue weighted by Crippen LogP contribution is 2.26. The molecule has 0 spiro atoms. The van der Waals surface area contributed by atoms with Crippen LogP contribution in [0.4, 0.5) is 0 Å². The Morgan fingerprint density at radius 1 is 0.759 bits per heavy atom. The Labute approximate surface area is 459 Å². The second-order valence-electron chi connectivity index (χ2n) is 20.1. The first kappa shape index (κ1) is 63.6. The van der Waals surface area contributed by atoms with Crippen molar-refractivity contribution in [1.29, 1.82) is 0 Å². The highest BCUT2D eigenvalue weighted by atomic mass is 16.6. The maximum atomic E-state index is 15.1. The van der Waals surface area contributed by atoms with E-state index in [1.165, 1.54) is 72.0 Å². The molecule has 9 N–H and O–H groups in total. The number of carbonyl (C=O) groups is 11. The average Bonchev–Trinajstić information content (AvgIpc) is 3.43. The van der Waals surface area contributed by atoms with E-state index in [4.69, 9.17) is 9.47 Å². The van der Waals surface area contributed by atoms with Crippen molar-refractivity contribution in [2.45, 2.75) is 180 Å². The molecule has 9 amide bonds. The number of carbonyl (C=O) groups excluding carboxylic acids is 11. The fourth-order valence-corrected chi connectivity index (χ4v) is 8.84. The van der Waals surface area contributed by atoms with Crippen LogP contribution in [0.15, 0.2) is 66.4 Å². The van der Waals surface area contributed by atoms with E-state index in [-0.39, 0.29) is 44.3 Å². The lowest BCUT2D eigenvalue weighted by atomic mass is 9.95. The third-order valence-electron chi connectivity index (χ3n) is 13.4. The number of aromatic hydroxyl groups is 1. The second-order valence-corrected chi connectivity index (χ2v) is 20.1. The van der Waals surface area contributed by atoms with E-state index >= 15 is 4.79 Å². The summed E-state index contributed by atoms with van der Waals surface area (Å²) in [4.78, 5) is 156. The molecule has 24 nitrogen and oxygen atoms in total. The molecule has 1 unspecified atom stereocenters. The molecule has 2 fully saturated rings. The van der Waals surface area contributed by atoms with Crippen LogP contribution in [-0.2, 0) is 75.1 Å². The number of aliphatic hydroxyl groups is 1. The monoisotopic (exact) mass is 1100 g/mol. The van der Waals surface area contributed by atoms with Crippen LogP contribution in [-0.4, -0.2) is 159 Å². The lowest BCUT2D eigenvalue weighted by Crippen LogP contribution is -2.64. The van der Waals surface area contributed by atoms with E-state index in [0.29, 0.717) is 24.0 Å². The lowest BCUT2D eigenvalue weighted by molar-refractivity contribution is -0.165. The number of nitrogens with one attached hydrogen (secondary N) is 7. The number of cyclic esters (lactones) is 1. The number of phenols is 1. The molecule has 79 heavy (non-hydrogen) atoms. The molecule has 2 bridgehead atoms. The quantitative estimate of drug-likeness (QED) is 0.0722. The van der Waals surface area contributed by atoms with Gasteiger partial charge in [0.1, 0.15) is 78.2 Å². The molecule has 2 heterocycles. The number of hydrogen-bond acceptors (Lipinski definition) is 15. The SMILES string of the molecule is C/C=C1/NC(=O)[C@@H](NC(=O)[C@@H](NC(=O)[C@H](C)NC(=O)CCC)[C@@H](C)OC(=O)[C@H](C)NC(=O)CCC)[C@@H](C)OC(=O)[C@H](C(C)C)NC(=O)[C@H](Cc2ccc(O)cc2)N(C)C(=O)[C@H](Cc2ccccc2)N2C(=O)[C@H](CCC2O)NC1=O. The minimum atomic E-state index is -1.97. The van der Waals surface area contributed by atoms with Gasteiger partial charge in [-0.05, 0) is 89.5 Å². The topological polar surface area (TPSA) is 337 Å². The average molecular weight is 1100 g/mol. The number of amides is 9. The van der Waals surface area contributed by atoms with Crippen LogP contribution in [0.1, 0.15) is 112 Å². The van der Waals surface area contributed by atoms with Gasteiger partial charge in [0.2, 0.25) is 41.4 Å². The summed E-state index contributed by atoms with van der Waals surface area (Å²) in [5.74, 6) is -10.8. The van der Waals surface area contributed by atoms with E-state index in [1.54, 1.807) is 58.0 Å². The Balaban J connectivity index is 1.85. The summed E-state index contributed by atoms with van der Waals surface area (Å²) in [6.45, 7) is 13.2. The summed E-state index contributed by atoms with van der Waals surface area (Å²) < 4.78 is 11.5. The van der Waals surface area contributed by atoms with Gasteiger partial charge in [0.15, 0.2) is 0 Å². The number of ether oxygens (including phenoxy) is 2. The smallest absolute Gasteiger partial charge is 0.329 e. The third kappa shape index (κ3) is 17.8. The highest BCUT2D eigenvalue weighted by molar-refractivity contribution is 6.03. The van der Waals surface area contributed by atoms with E-state index in [9.17, 15) is 58.2 Å². The maximum Gasteiger partial charge on any atom is 0.329 e. The Bertz CT molecular complexity index is 2560. The summed E-state index contributed by atoms with van der Waals surface area (Å²) >= 11 is 0. The molecule has 2 aliphatic rings. The number of hydrogen-bond donors (Lipinski definition) is 9. The summed E-state index contributed by atoms with van der Waals surface area (Å²) in [6, 6.07) is 2.31.